The molecule has 0 saturated carbocycles. The van der Waals surface area contributed by atoms with E-state index in [0.29, 0.717) is 12.3 Å². The van der Waals surface area contributed by atoms with Crippen molar-refractivity contribution in [2.75, 3.05) is 33.7 Å². The first kappa shape index (κ1) is 19.6. The summed E-state index contributed by atoms with van der Waals surface area (Å²) in [5.74, 6) is 1.71. The molecule has 1 amide bonds. The van der Waals surface area contributed by atoms with Crippen LogP contribution in [0.3, 0.4) is 0 Å². The molecule has 2 heterocycles. The van der Waals surface area contributed by atoms with E-state index in [0.717, 1.165) is 56.8 Å². The van der Waals surface area contributed by atoms with Crippen molar-refractivity contribution in [2.45, 2.75) is 45.1 Å². The molecule has 1 saturated heterocycles. The molecule has 1 aromatic heterocycles. The Morgan fingerprint density at radius 3 is 2.78 bits per heavy atom. The van der Waals surface area contributed by atoms with Crippen molar-refractivity contribution in [1.29, 1.82) is 0 Å². The molecule has 27 heavy (non-hydrogen) atoms. The minimum absolute atomic E-state index is 0.231. The first-order chi connectivity index (χ1) is 13.0. The van der Waals surface area contributed by atoms with Crippen LogP contribution < -0.4 is 0 Å². The van der Waals surface area contributed by atoms with E-state index >= 15 is 0 Å². The summed E-state index contributed by atoms with van der Waals surface area (Å²) in [5.41, 5.74) is 2.32. The lowest BCUT2D eigenvalue weighted by Crippen LogP contribution is -2.40. The summed E-state index contributed by atoms with van der Waals surface area (Å²) in [6.45, 7) is 5.78. The number of hydrogen-bond donors (Lipinski definition) is 0. The molecule has 1 aliphatic rings. The number of benzene rings is 1. The molecular weight excluding hydrogens is 336 g/mol. The van der Waals surface area contributed by atoms with Crippen molar-refractivity contribution in [3.05, 3.63) is 53.6 Å². The second-order valence-electron chi connectivity index (χ2n) is 7.98. The molecular formula is C22H32N4O. The zero-order valence-electron chi connectivity index (χ0n) is 16.9. The molecule has 1 atom stereocenters. The molecule has 146 valence electrons. The van der Waals surface area contributed by atoms with Crippen LogP contribution in [0.15, 0.2) is 36.7 Å². The van der Waals surface area contributed by atoms with Gasteiger partial charge in [-0.25, -0.2) is 4.98 Å². The number of aromatic nitrogens is 2. The Morgan fingerprint density at radius 1 is 1.26 bits per heavy atom. The highest BCUT2D eigenvalue weighted by atomic mass is 16.2. The van der Waals surface area contributed by atoms with Crippen molar-refractivity contribution in [2.24, 2.45) is 0 Å². The van der Waals surface area contributed by atoms with Crippen molar-refractivity contribution in [1.82, 2.24) is 19.4 Å². The van der Waals surface area contributed by atoms with Gasteiger partial charge in [0.15, 0.2) is 0 Å². The lowest BCUT2D eigenvalue weighted by Gasteiger charge is -2.33. The number of amides is 1. The van der Waals surface area contributed by atoms with E-state index in [9.17, 15) is 4.79 Å². The number of nitrogens with zero attached hydrogens (tertiary/aromatic N) is 4. The first-order valence-corrected chi connectivity index (χ1v) is 10.0. The average Bonchev–Trinajstić information content (AvgIpc) is 3.12. The maximum Gasteiger partial charge on any atom is 0.227 e. The maximum absolute atomic E-state index is 12.8. The van der Waals surface area contributed by atoms with Gasteiger partial charge >= 0.3 is 0 Å². The Balaban J connectivity index is 1.60. The van der Waals surface area contributed by atoms with Crippen LogP contribution in [0.1, 0.15) is 42.1 Å². The summed E-state index contributed by atoms with van der Waals surface area (Å²) in [6.07, 6.45) is 7.74. The molecule has 1 aromatic carbocycles. The van der Waals surface area contributed by atoms with Crippen molar-refractivity contribution in [3.63, 3.8) is 0 Å². The second-order valence-corrected chi connectivity index (χ2v) is 7.98. The van der Waals surface area contributed by atoms with Gasteiger partial charge in [-0.2, -0.15) is 0 Å². The summed E-state index contributed by atoms with van der Waals surface area (Å²) in [7, 11) is 4.21. The molecule has 1 unspecified atom stereocenters. The second kappa shape index (κ2) is 9.18. The van der Waals surface area contributed by atoms with E-state index in [1.807, 2.05) is 11.1 Å². The monoisotopic (exact) mass is 368 g/mol. The molecule has 0 N–H and O–H groups in total. The van der Waals surface area contributed by atoms with Gasteiger partial charge in [0.1, 0.15) is 5.82 Å². The quantitative estimate of drug-likeness (QED) is 0.754. The van der Waals surface area contributed by atoms with E-state index < -0.39 is 0 Å². The summed E-state index contributed by atoms with van der Waals surface area (Å²) < 4.78 is 2.28. The molecule has 0 bridgehead atoms. The van der Waals surface area contributed by atoms with Crippen LogP contribution in [0.4, 0.5) is 0 Å². The van der Waals surface area contributed by atoms with Crippen LogP contribution in [-0.2, 0) is 17.8 Å². The lowest BCUT2D eigenvalue weighted by molar-refractivity contribution is -0.131. The average molecular weight is 369 g/mol. The Hall–Kier alpha value is -2.14. The van der Waals surface area contributed by atoms with Gasteiger partial charge in [0, 0.05) is 37.9 Å². The summed E-state index contributed by atoms with van der Waals surface area (Å²) in [6, 6.07) is 8.27. The number of likely N-dealkylation sites (tertiary alicyclic amines) is 1. The third kappa shape index (κ3) is 5.42. The summed E-state index contributed by atoms with van der Waals surface area (Å²) in [5, 5.41) is 0. The Morgan fingerprint density at radius 2 is 2.04 bits per heavy atom. The van der Waals surface area contributed by atoms with Gasteiger partial charge in [-0.3, -0.25) is 4.79 Å². The van der Waals surface area contributed by atoms with E-state index in [2.05, 4.69) is 65.9 Å². The van der Waals surface area contributed by atoms with Crippen LogP contribution in [0, 0.1) is 6.92 Å². The Labute approximate surface area is 163 Å². The van der Waals surface area contributed by atoms with Gasteiger partial charge in [-0.15, -0.1) is 0 Å². The van der Waals surface area contributed by atoms with E-state index in [1.54, 1.807) is 0 Å². The molecule has 5 nitrogen and oxygen atoms in total. The van der Waals surface area contributed by atoms with Crippen LogP contribution in [0.25, 0.3) is 0 Å². The van der Waals surface area contributed by atoms with Gasteiger partial charge in [-0.1, -0.05) is 29.8 Å². The van der Waals surface area contributed by atoms with Gasteiger partial charge in [-0.05, 0) is 52.4 Å². The molecule has 3 rings (SSSR count). The number of carbonyl (C=O) groups is 1. The zero-order valence-corrected chi connectivity index (χ0v) is 16.9. The number of rotatable bonds is 7. The predicted octanol–water partition coefficient (Wildman–Crippen LogP) is 3.09. The van der Waals surface area contributed by atoms with E-state index in [-0.39, 0.29) is 5.91 Å². The van der Waals surface area contributed by atoms with Gasteiger partial charge in [0.2, 0.25) is 5.91 Å². The van der Waals surface area contributed by atoms with Gasteiger partial charge in [0.25, 0.3) is 0 Å². The fourth-order valence-corrected chi connectivity index (χ4v) is 3.83. The summed E-state index contributed by atoms with van der Waals surface area (Å²) in [4.78, 5) is 21.7. The van der Waals surface area contributed by atoms with Crippen molar-refractivity contribution in [3.8, 4) is 0 Å². The molecule has 1 aliphatic heterocycles. The largest absolute Gasteiger partial charge is 0.342 e. The normalized spacial score (nSPS) is 17.5. The minimum Gasteiger partial charge on any atom is -0.342 e. The van der Waals surface area contributed by atoms with E-state index in [1.165, 1.54) is 5.56 Å². The number of aryl methyl sites for hydroxylation is 2. The first-order valence-electron chi connectivity index (χ1n) is 10.0. The highest BCUT2D eigenvalue weighted by Crippen LogP contribution is 2.26. The Kier molecular flexibility index (Phi) is 6.67. The highest BCUT2D eigenvalue weighted by Gasteiger charge is 2.27. The van der Waals surface area contributed by atoms with Gasteiger partial charge in [0.05, 0.1) is 6.42 Å². The third-order valence-corrected chi connectivity index (χ3v) is 5.37. The van der Waals surface area contributed by atoms with Gasteiger partial charge < -0.3 is 14.4 Å². The van der Waals surface area contributed by atoms with Crippen LogP contribution in [-0.4, -0.2) is 59.0 Å². The minimum atomic E-state index is 0.231. The summed E-state index contributed by atoms with van der Waals surface area (Å²) >= 11 is 0. The molecule has 0 aliphatic carbocycles. The number of imidazole rings is 1. The molecule has 5 heteroatoms. The number of carbonyl (C=O) groups excluding carboxylic acids is 1. The number of piperidine rings is 1. The van der Waals surface area contributed by atoms with Crippen LogP contribution in [0.5, 0.6) is 0 Å². The lowest BCUT2D eigenvalue weighted by atomic mass is 9.96. The fourth-order valence-electron chi connectivity index (χ4n) is 3.83. The third-order valence-electron chi connectivity index (χ3n) is 5.37. The Bertz CT molecular complexity index is 735. The number of hydrogen-bond acceptors (Lipinski definition) is 3. The molecule has 0 spiro atoms. The van der Waals surface area contributed by atoms with Crippen molar-refractivity contribution >= 4 is 5.91 Å². The highest BCUT2D eigenvalue weighted by molar-refractivity contribution is 5.79. The SMILES string of the molecule is Cc1ccc(CC(=O)N2CCCC(c3nccn3CCCN(C)C)C2)cc1. The van der Waals surface area contributed by atoms with Crippen LogP contribution in [0.2, 0.25) is 0 Å². The molecule has 1 fully saturated rings. The maximum atomic E-state index is 12.8. The predicted molar refractivity (Wildman–Crippen MR) is 109 cm³/mol. The fraction of sp³-hybridized carbons (Fsp3) is 0.545. The van der Waals surface area contributed by atoms with Crippen LogP contribution >= 0.6 is 0 Å². The topological polar surface area (TPSA) is 41.4 Å². The molecule has 2 aromatic rings. The standard InChI is InChI=1S/C22H32N4O/c1-18-7-9-19(10-8-18)16-21(27)26-13-4-6-20(17-26)22-23-11-15-25(22)14-5-12-24(2)3/h7-11,15,20H,4-6,12-14,16-17H2,1-3H3. The zero-order chi connectivity index (χ0) is 19.2. The van der Waals surface area contributed by atoms with E-state index in [4.69, 9.17) is 0 Å². The smallest absolute Gasteiger partial charge is 0.227 e. The molecule has 0 radical (unpaired) electrons. The van der Waals surface area contributed by atoms with Crippen molar-refractivity contribution < 1.29 is 4.79 Å².